The molecule has 24 heavy (non-hydrogen) atoms. The Morgan fingerprint density at radius 1 is 1.42 bits per heavy atom. The summed E-state index contributed by atoms with van der Waals surface area (Å²) in [5.41, 5.74) is 0.646. The molecule has 134 valence electrons. The minimum Gasteiger partial charge on any atom is -0.497 e. The topological polar surface area (TPSA) is 75.7 Å². The quantitative estimate of drug-likeness (QED) is 0.761. The van der Waals surface area contributed by atoms with Gasteiger partial charge >= 0.3 is 0 Å². The maximum atomic E-state index is 13.1. The number of rotatable bonds is 7. The Labute approximate surface area is 144 Å². The van der Waals surface area contributed by atoms with Gasteiger partial charge in [-0.15, -0.1) is 0 Å². The maximum absolute atomic E-state index is 13.1. The van der Waals surface area contributed by atoms with E-state index in [0.29, 0.717) is 37.2 Å². The third kappa shape index (κ3) is 3.89. The first-order valence-corrected chi connectivity index (χ1v) is 9.80. The number of hydrogen-bond donors (Lipinski definition) is 1. The molecule has 1 unspecified atom stereocenters. The fraction of sp³-hybridized carbons (Fsp3) is 0.588. The second-order valence-electron chi connectivity index (χ2n) is 6.05. The highest BCUT2D eigenvalue weighted by Crippen LogP contribution is 2.30. The summed E-state index contributed by atoms with van der Waals surface area (Å²) in [5, 5.41) is 2.85. The van der Waals surface area contributed by atoms with Crippen molar-refractivity contribution < 1.29 is 17.9 Å². The van der Waals surface area contributed by atoms with Crippen LogP contribution < -0.4 is 10.1 Å². The Bertz CT molecular complexity index is 688. The zero-order valence-corrected chi connectivity index (χ0v) is 15.4. The van der Waals surface area contributed by atoms with E-state index in [1.165, 1.54) is 17.5 Å². The summed E-state index contributed by atoms with van der Waals surface area (Å²) in [6.07, 6.45) is 3.12. The Hall–Kier alpha value is -1.60. The molecule has 1 aromatic carbocycles. The van der Waals surface area contributed by atoms with E-state index in [0.717, 1.165) is 12.8 Å². The molecule has 0 saturated carbocycles. The summed E-state index contributed by atoms with van der Waals surface area (Å²) in [6, 6.07) is 4.35. The molecular formula is C17H26N2O4S. The van der Waals surface area contributed by atoms with Gasteiger partial charge in [-0.2, -0.15) is 4.31 Å². The molecule has 1 aliphatic rings. The standard InChI is InChI=1S/C17H26N2O4S/c1-4-5-10-18-17(20)15-7-6-11-19(15)24(21,22)16-12-14(23-3)9-8-13(16)2/h8-9,12,15H,4-7,10-11H2,1-3H3,(H,18,20). The molecule has 1 saturated heterocycles. The number of benzene rings is 1. The van der Waals surface area contributed by atoms with Crippen LogP contribution in [0.15, 0.2) is 23.1 Å². The number of hydrogen-bond acceptors (Lipinski definition) is 4. The van der Waals surface area contributed by atoms with Crippen molar-refractivity contribution in [3.8, 4) is 5.75 Å². The third-order valence-electron chi connectivity index (χ3n) is 4.32. The third-order valence-corrected chi connectivity index (χ3v) is 6.37. The number of amides is 1. The molecule has 1 aromatic rings. The van der Waals surface area contributed by atoms with Gasteiger partial charge in [0.15, 0.2) is 0 Å². The molecule has 1 fully saturated rings. The number of sulfonamides is 1. The molecule has 0 spiro atoms. The van der Waals surface area contributed by atoms with E-state index in [4.69, 9.17) is 4.74 Å². The highest BCUT2D eigenvalue weighted by Gasteiger charge is 2.39. The van der Waals surface area contributed by atoms with Crippen molar-refractivity contribution in [2.45, 2.75) is 50.5 Å². The Morgan fingerprint density at radius 2 is 2.17 bits per heavy atom. The molecule has 1 atom stereocenters. The average Bonchev–Trinajstić information content (AvgIpc) is 3.06. The number of carbonyl (C=O) groups excluding carboxylic acids is 1. The summed E-state index contributed by atoms with van der Waals surface area (Å²) in [7, 11) is -2.23. The number of methoxy groups -OCH3 is 1. The van der Waals surface area contributed by atoms with Crippen molar-refractivity contribution in [1.29, 1.82) is 0 Å². The van der Waals surface area contributed by atoms with Gasteiger partial charge in [0.1, 0.15) is 11.8 Å². The van der Waals surface area contributed by atoms with Crippen LogP contribution in [-0.4, -0.2) is 44.9 Å². The molecule has 0 aliphatic carbocycles. The van der Waals surface area contributed by atoms with Crippen molar-refractivity contribution in [3.63, 3.8) is 0 Å². The zero-order valence-electron chi connectivity index (χ0n) is 14.5. The number of unbranched alkanes of at least 4 members (excludes halogenated alkanes) is 1. The minimum absolute atomic E-state index is 0.204. The van der Waals surface area contributed by atoms with E-state index >= 15 is 0 Å². The molecule has 0 bridgehead atoms. The van der Waals surface area contributed by atoms with Crippen molar-refractivity contribution >= 4 is 15.9 Å². The maximum Gasteiger partial charge on any atom is 0.244 e. The van der Waals surface area contributed by atoms with Gasteiger partial charge in [-0.1, -0.05) is 19.4 Å². The monoisotopic (exact) mass is 354 g/mol. The Morgan fingerprint density at radius 3 is 2.83 bits per heavy atom. The van der Waals surface area contributed by atoms with Gasteiger partial charge in [0, 0.05) is 19.2 Å². The van der Waals surface area contributed by atoms with Crippen LogP contribution in [-0.2, 0) is 14.8 Å². The number of carbonyl (C=O) groups is 1. The second-order valence-corrected chi connectivity index (χ2v) is 7.91. The van der Waals surface area contributed by atoms with Gasteiger partial charge in [-0.05, 0) is 37.8 Å². The number of nitrogens with zero attached hydrogens (tertiary/aromatic N) is 1. The second kappa shape index (κ2) is 7.98. The summed E-state index contributed by atoms with van der Waals surface area (Å²) in [4.78, 5) is 12.6. The van der Waals surface area contributed by atoms with E-state index in [1.807, 2.05) is 6.92 Å². The number of ether oxygens (including phenoxy) is 1. The first-order chi connectivity index (χ1) is 11.4. The van der Waals surface area contributed by atoms with Crippen LogP contribution in [0.3, 0.4) is 0 Å². The Balaban J connectivity index is 2.26. The van der Waals surface area contributed by atoms with E-state index in [-0.39, 0.29) is 10.8 Å². The van der Waals surface area contributed by atoms with Gasteiger partial charge in [0.05, 0.1) is 12.0 Å². The fourth-order valence-corrected chi connectivity index (χ4v) is 4.81. The van der Waals surface area contributed by atoms with E-state index in [1.54, 1.807) is 19.1 Å². The first kappa shape index (κ1) is 18.7. The Kier molecular flexibility index (Phi) is 6.23. The highest BCUT2D eigenvalue weighted by atomic mass is 32.2. The fourth-order valence-electron chi connectivity index (χ4n) is 2.91. The van der Waals surface area contributed by atoms with Crippen LogP contribution in [0.5, 0.6) is 5.75 Å². The summed E-state index contributed by atoms with van der Waals surface area (Å²) in [5.74, 6) is 0.285. The first-order valence-electron chi connectivity index (χ1n) is 8.36. The van der Waals surface area contributed by atoms with E-state index in [9.17, 15) is 13.2 Å². The van der Waals surface area contributed by atoms with Gasteiger partial charge in [-0.25, -0.2) is 8.42 Å². The summed E-state index contributed by atoms with van der Waals surface area (Å²) < 4.78 is 32.6. The molecule has 0 aromatic heterocycles. The van der Waals surface area contributed by atoms with E-state index in [2.05, 4.69) is 5.32 Å². The van der Waals surface area contributed by atoms with Crippen LogP contribution in [0.25, 0.3) is 0 Å². The van der Waals surface area contributed by atoms with Crippen molar-refractivity contribution in [2.24, 2.45) is 0 Å². The highest BCUT2D eigenvalue weighted by molar-refractivity contribution is 7.89. The summed E-state index contributed by atoms with van der Waals surface area (Å²) in [6.45, 7) is 4.74. The lowest BCUT2D eigenvalue weighted by atomic mass is 10.2. The van der Waals surface area contributed by atoms with Gasteiger partial charge in [-0.3, -0.25) is 4.79 Å². The molecule has 1 aliphatic heterocycles. The lowest BCUT2D eigenvalue weighted by molar-refractivity contribution is -0.124. The van der Waals surface area contributed by atoms with Crippen LogP contribution in [0, 0.1) is 6.92 Å². The average molecular weight is 354 g/mol. The predicted molar refractivity (Wildman–Crippen MR) is 92.6 cm³/mol. The minimum atomic E-state index is -3.73. The molecular weight excluding hydrogens is 328 g/mol. The molecule has 1 N–H and O–H groups in total. The van der Waals surface area contributed by atoms with Gasteiger partial charge in [0.2, 0.25) is 15.9 Å². The van der Waals surface area contributed by atoms with Crippen LogP contribution in [0.1, 0.15) is 38.2 Å². The van der Waals surface area contributed by atoms with Crippen LogP contribution >= 0.6 is 0 Å². The zero-order chi connectivity index (χ0) is 17.7. The summed E-state index contributed by atoms with van der Waals surface area (Å²) >= 11 is 0. The molecule has 0 radical (unpaired) electrons. The van der Waals surface area contributed by atoms with Crippen molar-refractivity contribution in [3.05, 3.63) is 23.8 Å². The lowest BCUT2D eigenvalue weighted by Gasteiger charge is -2.24. The van der Waals surface area contributed by atoms with E-state index < -0.39 is 16.1 Å². The largest absolute Gasteiger partial charge is 0.497 e. The molecule has 7 heteroatoms. The molecule has 2 rings (SSSR count). The molecule has 1 amide bonds. The SMILES string of the molecule is CCCCNC(=O)C1CCCN1S(=O)(=O)c1cc(OC)ccc1C. The number of nitrogens with one attached hydrogen (secondary N) is 1. The smallest absolute Gasteiger partial charge is 0.244 e. The molecule has 1 heterocycles. The normalized spacial score (nSPS) is 18.5. The van der Waals surface area contributed by atoms with Gasteiger partial charge in [0.25, 0.3) is 0 Å². The van der Waals surface area contributed by atoms with Crippen molar-refractivity contribution in [2.75, 3.05) is 20.2 Å². The predicted octanol–water partition coefficient (Wildman–Crippen LogP) is 2.07. The van der Waals surface area contributed by atoms with Crippen molar-refractivity contribution in [1.82, 2.24) is 9.62 Å². The number of aryl methyl sites for hydroxylation is 1. The van der Waals surface area contributed by atoms with Crippen LogP contribution in [0.4, 0.5) is 0 Å². The van der Waals surface area contributed by atoms with Gasteiger partial charge < -0.3 is 10.1 Å². The lowest BCUT2D eigenvalue weighted by Crippen LogP contribution is -2.46. The molecule has 6 nitrogen and oxygen atoms in total. The van der Waals surface area contributed by atoms with Crippen LogP contribution in [0.2, 0.25) is 0 Å².